The second-order valence-electron chi connectivity index (χ2n) is 7.17. The number of aromatic nitrogens is 1. The first-order chi connectivity index (χ1) is 13.5. The number of carbonyl (C=O) groups excluding carboxylic acids is 3. The van der Waals surface area contributed by atoms with E-state index in [9.17, 15) is 18.8 Å². The van der Waals surface area contributed by atoms with E-state index in [1.54, 1.807) is 17.2 Å². The van der Waals surface area contributed by atoms with Crippen LogP contribution >= 0.6 is 0 Å². The third-order valence-corrected chi connectivity index (χ3v) is 5.32. The third kappa shape index (κ3) is 3.73. The van der Waals surface area contributed by atoms with Gasteiger partial charge in [0.05, 0.1) is 5.52 Å². The second kappa shape index (κ2) is 7.63. The third-order valence-electron chi connectivity index (χ3n) is 5.32. The standard InChI is InChI=1S/C20H21FN4O3/c21-16-10-14-2-1-5-22-20(14)15(11-16)12-23-6-8-24(9-7-23)19(28)13-25-17(26)3-4-18(25)27/h1-2,5,10-11H,3-4,6-9,12-13H2. The van der Waals surface area contributed by atoms with Gasteiger partial charge >= 0.3 is 0 Å². The SMILES string of the molecule is O=C(CN1C(=O)CCC1=O)N1CCN(Cc2cc(F)cc3cccnc23)CC1. The normalized spacial score (nSPS) is 18.3. The number of hydrogen-bond acceptors (Lipinski definition) is 5. The molecule has 3 heterocycles. The van der Waals surface area contributed by atoms with Gasteiger partial charge in [0.25, 0.3) is 0 Å². The van der Waals surface area contributed by atoms with E-state index in [2.05, 4.69) is 9.88 Å². The van der Waals surface area contributed by atoms with E-state index in [-0.39, 0.29) is 42.9 Å². The molecular weight excluding hydrogens is 363 g/mol. The molecule has 0 saturated carbocycles. The van der Waals surface area contributed by atoms with Crippen molar-refractivity contribution in [2.24, 2.45) is 0 Å². The van der Waals surface area contributed by atoms with Crippen molar-refractivity contribution in [3.05, 3.63) is 41.8 Å². The lowest BCUT2D eigenvalue weighted by atomic mass is 10.1. The fourth-order valence-corrected chi connectivity index (χ4v) is 3.78. The number of piperazine rings is 1. The zero-order valence-electron chi connectivity index (χ0n) is 15.4. The van der Waals surface area contributed by atoms with Crippen molar-refractivity contribution in [3.63, 3.8) is 0 Å². The number of nitrogens with zero attached hydrogens (tertiary/aromatic N) is 4. The van der Waals surface area contributed by atoms with Gasteiger partial charge in [0.2, 0.25) is 17.7 Å². The zero-order valence-corrected chi connectivity index (χ0v) is 15.4. The summed E-state index contributed by atoms with van der Waals surface area (Å²) in [6.45, 7) is 2.68. The van der Waals surface area contributed by atoms with E-state index in [0.29, 0.717) is 32.7 Å². The Morgan fingerprint density at radius 3 is 2.50 bits per heavy atom. The predicted molar refractivity (Wildman–Crippen MR) is 99.5 cm³/mol. The van der Waals surface area contributed by atoms with Crippen molar-refractivity contribution in [2.45, 2.75) is 19.4 Å². The Balaban J connectivity index is 1.36. The monoisotopic (exact) mass is 384 g/mol. The van der Waals surface area contributed by atoms with Gasteiger partial charge in [-0.05, 0) is 23.8 Å². The first-order valence-electron chi connectivity index (χ1n) is 9.38. The average Bonchev–Trinajstić information content (AvgIpc) is 3.00. The molecule has 0 spiro atoms. The van der Waals surface area contributed by atoms with E-state index in [4.69, 9.17) is 0 Å². The van der Waals surface area contributed by atoms with Crippen LogP contribution < -0.4 is 0 Å². The van der Waals surface area contributed by atoms with Gasteiger partial charge in [-0.25, -0.2) is 4.39 Å². The summed E-state index contributed by atoms with van der Waals surface area (Å²) < 4.78 is 13.9. The smallest absolute Gasteiger partial charge is 0.242 e. The molecule has 2 aliphatic rings. The molecule has 0 aliphatic carbocycles. The van der Waals surface area contributed by atoms with Crippen molar-refractivity contribution < 1.29 is 18.8 Å². The Hall–Kier alpha value is -2.87. The number of benzene rings is 1. The fourth-order valence-electron chi connectivity index (χ4n) is 3.78. The second-order valence-corrected chi connectivity index (χ2v) is 7.17. The number of hydrogen-bond donors (Lipinski definition) is 0. The van der Waals surface area contributed by atoms with Crippen molar-refractivity contribution >= 4 is 28.6 Å². The Bertz CT molecular complexity index is 924. The topological polar surface area (TPSA) is 73.8 Å². The molecule has 146 valence electrons. The van der Waals surface area contributed by atoms with E-state index >= 15 is 0 Å². The van der Waals surface area contributed by atoms with Crippen molar-refractivity contribution in [2.75, 3.05) is 32.7 Å². The van der Waals surface area contributed by atoms with Crippen LogP contribution in [0.3, 0.4) is 0 Å². The summed E-state index contributed by atoms with van der Waals surface area (Å²) in [6.07, 6.45) is 2.08. The highest BCUT2D eigenvalue weighted by molar-refractivity contribution is 6.04. The first-order valence-corrected chi connectivity index (χ1v) is 9.38. The number of carbonyl (C=O) groups is 3. The van der Waals surface area contributed by atoms with Crippen LogP contribution in [0, 0.1) is 5.82 Å². The Morgan fingerprint density at radius 2 is 1.79 bits per heavy atom. The first kappa shape index (κ1) is 18.5. The molecule has 0 bridgehead atoms. The van der Waals surface area contributed by atoms with E-state index in [0.717, 1.165) is 21.4 Å². The van der Waals surface area contributed by atoms with E-state index in [1.807, 2.05) is 6.07 Å². The number of fused-ring (bicyclic) bond motifs is 1. The van der Waals surface area contributed by atoms with E-state index in [1.165, 1.54) is 12.1 Å². The average molecular weight is 384 g/mol. The molecule has 1 aromatic heterocycles. The van der Waals surface area contributed by atoms with Crippen molar-refractivity contribution in [3.8, 4) is 0 Å². The summed E-state index contributed by atoms with van der Waals surface area (Å²) in [4.78, 5) is 45.1. The molecule has 8 heteroatoms. The van der Waals surface area contributed by atoms with Gasteiger partial charge in [0.1, 0.15) is 12.4 Å². The van der Waals surface area contributed by atoms with Gasteiger partial charge in [0, 0.05) is 57.1 Å². The van der Waals surface area contributed by atoms with Gasteiger partial charge in [0.15, 0.2) is 0 Å². The van der Waals surface area contributed by atoms with Crippen molar-refractivity contribution in [1.29, 1.82) is 0 Å². The minimum absolute atomic E-state index is 0.171. The summed E-state index contributed by atoms with van der Waals surface area (Å²) in [7, 11) is 0. The maximum absolute atomic E-state index is 13.9. The van der Waals surface area contributed by atoms with Crippen LogP contribution in [0.4, 0.5) is 4.39 Å². The molecule has 2 saturated heterocycles. The van der Waals surface area contributed by atoms with Crippen LogP contribution in [-0.2, 0) is 20.9 Å². The van der Waals surface area contributed by atoms with Gasteiger partial charge < -0.3 is 4.90 Å². The summed E-state index contributed by atoms with van der Waals surface area (Å²) in [5, 5.41) is 0.770. The van der Waals surface area contributed by atoms with Gasteiger partial charge in [-0.3, -0.25) is 29.2 Å². The molecule has 4 rings (SSSR count). The summed E-state index contributed by atoms with van der Waals surface area (Å²) in [5.74, 6) is -1.05. The van der Waals surface area contributed by atoms with Gasteiger partial charge in [-0.15, -0.1) is 0 Å². The molecule has 7 nitrogen and oxygen atoms in total. The lowest BCUT2D eigenvalue weighted by Crippen LogP contribution is -2.51. The molecule has 0 N–H and O–H groups in total. The molecular formula is C20H21FN4O3. The molecule has 2 aromatic rings. The minimum atomic E-state index is -0.288. The number of halogens is 1. The zero-order chi connectivity index (χ0) is 19.7. The van der Waals surface area contributed by atoms with Crippen molar-refractivity contribution in [1.82, 2.24) is 19.7 Å². The quantitative estimate of drug-likeness (QED) is 0.740. The largest absolute Gasteiger partial charge is 0.339 e. The maximum atomic E-state index is 13.9. The Morgan fingerprint density at radius 1 is 1.07 bits per heavy atom. The molecule has 2 fully saturated rings. The van der Waals surface area contributed by atoms with Gasteiger partial charge in [-0.2, -0.15) is 0 Å². The number of likely N-dealkylation sites (tertiary alicyclic amines) is 1. The van der Waals surface area contributed by atoms with Crippen LogP contribution in [0.1, 0.15) is 18.4 Å². The highest BCUT2D eigenvalue weighted by atomic mass is 19.1. The van der Waals surface area contributed by atoms with Crippen LogP contribution in [0.15, 0.2) is 30.5 Å². The number of imide groups is 1. The van der Waals surface area contributed by atoms with Crippen LogP contribution in [0.2, 0.25) is 0 Å². The Labute approximate surface area is 161 Å². The minimum Gasteiger partial charge on any atom is -0.339 e. The summed E-state index contributed by atoms with van der Waals surface area (Å²) >= 11 is 0. The predicted octanol–water partition coefficient (Wildman–Crippen LogP) is 1.17. The number of amides is 3. The molecule has 0 atom stereocenters. The maximum Gasteiger partial charge on any atom is 0.242 e. The molecule has 0 unspecified atom stereocenters. The van der Waals surface area contributed by atoms with E-state index < -0.39 is 0 Å². The number of rotatable bonds is 4. The molecule has 2 aliphatic heterocycles. The van der Waals surface area contributed by atoms with Crippen LogP contribution in [-0.4, -0.2) is 70.1 Å². The molecule has 0 radical (unpaired) electrons. The number of pyridine rings is 1. The van der Waals surface area contributed by atoms with Crippen LogP contribution in [0.5, 0.6) is 0 Å². The van der Waals surface area contributed by atoms with Crippen LogP contribution in [0.25, 0.3) is 10.9 Å². The Kier molecular flexibility index (Phi) is 5.04. The fraction of sp³-hybridized carbons (Fsp3) is 0.400. The molecule has 3 amide bonds. The highest BCUT2D eigenvalue weighted by Gasteiger charge is 2.32. The van der Waals surface area contributed by atoms with Gasteiger partial charge in [-0.1, -0.05) is 6.07 Å². The molecule has 28 heavy (non-hydrogen) atoms. The lowest BCUT2D eigenvalue weighted by molar-refractivity contribution is -0.146. The lowest BCUT2D eigenvalue weighted by Gasteiger charge is -2.35. The molecule has 1 aromatic carbocycles. The highest BCUT2D eigenvalue weighted by Crippen LogP contribution is 2.21. The summed E-state index contributed by atoms with van der Waals surface area (Å²) in [6, 6.07) is 6.61. The summed E-state index contributed by atoms with van der Waals surface area (Å²) in [5.41, 5.74) is 1.61.